The molecular weight excluding hydrogens is 700 g/mol. The molecule has 0 saturated heterocycles. The molecule has 0 fully saturated rings. The van der Waals surface area contributed by atoms with Crippen molar-refractivity contribution in [1.29, 1.82) is 0 Å². The van der Waals surface area contributed by atoms with Crippen molar-refractivity contribution >= 4 is 33.5 Å². The highest BCUT2D eigenvalue weighted by atomic mass is 32.2. The average molecular weight is 734 g/mol. The SMILES string of the molecule is CCOC(=O)N1c2ccc(OC)nc2[C@@H](Nc2ncc(S(=O)(=O)CCC(=O)OC)c(Cc3cc(C(F)(F)F)cc(C(F)(F)F)c3)n2)C[C@H]1CC. The summed E-state index contributed by atoms with van der Waals surface area (Å²) in [7, 11) is -2.00. The molecular formula is C31H33F6N5O7S. The van der Waals surface area contributed by atoms with Crippen LogP contribution in [0.4, 0.5) is 42.8 Å². The zero-order valence-corrected chi connectivity index (χ0v) is 28.0. The standard InChI is InChI=1S/C31H33F6N5O7S/c1-5-20-15-22(27-23(7-8-25(41-27)47-3)42(20)29(44)49-6-2)40-28-38-16-24(50(45,46)10-9-26(43)48-4)21(39-28)13-17-11-18(30(32,33)34)14-19(12-17)31(35,36)37/h7-8,11-12,14,16,20,22H,5-6,9-10,13,15H2,1-4H3,(H,38,39,40)/t20-,22+/m1/s1. The number of amides is 1. The van der Waals surface area contributed by atoms with Gasteiger partial charge >= 0.3 is 24.4 Å². The van der Waals surface area contributed by atoms with Gasteiger partial charge in [0.05, 0.1) is 73.4 Å². The van der Waals surface area contributed by atoms with Crippen LogP contribution in [-0.2, 0) is 42.9 Å². The quantitative estimate of drug-likeness (QED) is 0.179. The Kier molecular flexibility index (Phi) is 11.5. The van der Waals surface area contributed by atoms with Crippen molar-refractivity contribution in [2.24, 2.45) is 0 Å². The third-order valence-electron chi connectivity index (χ3n) is 7.77. The molecule has 19 heteroatoms. The number of anilines is 2. The number of sulfone groups is 1. The van der Waals surface area contributed by atoms with Crippen molar-refractivity contribution < 1.29 is 58.6 Å². The molecule has 0 saturated carbocycles. The molecule has 50 heavy (non-hydrogen) atoms. The largest absolute Gasteiger partial charge is 0.481 e. The molecule has 1 aliphatic heterocycles. The molecule has 3 heterocycles. The summed E-state index contributed by atoms with van der Waals surface area (Å²) >= 11 is 0. The van der Waals surface area contributed by atoms with Gasteiger partial charge in [-0.25, -0.2) is 28.2 Å². The van der Waals surface area contributed by atoms with E-state index in [9.17, 15) is 44.3 Å². The first-order valence-electron chi connectivity index (χ1n) is 15.1. The first-order valence-corrected chi connectivity index (χ1v) is 16.8. The smallest absolute Gasteiger partial charge is 0.416 e. The number of ether oxygens (including phenoxy) is 3. The number of hydrogen-bond donors (Lipinski definition) is 1. The van der Waals surface area contributed by atoms with E-state index in [1.54, 1.807) is 13.0 Å². The molecule has 1 aromatic carbocycles. The lowest BCUT2D eigenvalue weighted by molar-refractivity contribution is -0.143. The number of fused-ring (bicyclic) bond motifs is 1. The minimum Gasteiger partial charge on any atom is -0.481 e. The maximum absolute atomic E-state index is 13.6. The number of carbonyl (C=O) groups excluding carboxylic acids is 2. The van der Waals surface area contributed by atoms with Gasteiger partial charge in [-0.15, -0.1) is 0 Å². The Bertz CT molecular complexity index is 1810. The van der Waals surface area contributed by atoms with Gasteiger partial charge in [0.1, 0.15) is 4.90 Å². The lowest BCUT2D eigenvalue weighted by atomic mass is 9.93. The molecule has 0 unspecified atom stereocenters. The van der Waals surface area contributed by atoms with E-state index >= 15 is 0 Å². The molecule has 272 valence electrons. The van der Waals surface area contributed by atoms with E-state index in [4.69, 9.17) is 9.47 Å². The van der Waals surface area contributed by atoms with Gasteiger partial charge in [0.2, 0.25) is 11.8 Å². The molecule has 3 aromatic rings. The molecule has 2 atom stereocenters. The highest BCUT2D eigenvalue weighted by Crippen LogP contribution is 2.41. The van der Waals surface area contributed by atoms with Gasteiger partial charge in [0.25, 0.3) is 0 Å². The summed E-state index contributed by atoms with van der Waals surface area (Å²) in [6, 6.07) is 2.86. The van der Waals surface area contributed by atoms with Crippen molar-refractivity contribution in [3.05, 3.63) is 64.6 Å². The van der Waals surface area contributed by atoms with Crippen molar-refractivity contribution in [1.82, 2.24) is 15.0 Å². The Hall–Kier alpha value is -4.68. The van der Waals surface area contributed by atoms with Crippen LogP contribution >= 0.6 is 0 Å². The number of nitrogens with zero attached hydrogens (tertiary/aromatic N) is 4. The summed E-state index contributed by atoms with van der Waals surface area (Å²) in [5.41, 5.74) is -3.50. The second-order valence-corrected chi connectivity index (χ2v) is 13.1. The Morgan fingerprint density at radius 2 is 1.66 bits per heavy atom. The van der Waals surface area contributed by atoms with Crippen LogP contribution in [0.1, 0.15) is 67.2 Å². The molecule has 12 nitrogen and oxygen atoms in total. The van der Waals surface area contributed by atoms with E-state index in [1.807, 2.05) is 6.92 Å². The fourth-order valence-corrected chi connectivity index (χ4v) is 6.73. The van der Waals surface area contributed by atoms with E-state index in [0.717, 1.165) is 13.3 Å². The molecule has 4 rings (SSSR count). The summed E-state index contributed by atoms with van der Waals surface area (Å²) in [6.45, 7) is 3.59. The van der Waals surface area contributed by atoms with Crippen LogP contribution in [0.2, 0.25) is 0 Å². The number of methoxy groups -OCH3 is 2. The van der Waals surface area contributed by atoms with Crippen LogP contribution in [0.25, 0.3) is 0 Å². The summed E-state index contributed by atoms with van der Waals surface area (Å²) in [6.07, 6.45) is -10.8. The van der Waals surface area contributed by atoms with Crippen molar-refractivity contribution in [3.63, 3.8) is 0 Å². The van der Waals surface area contributed by atoms with E-state index < -0.39 is 92.2 Å². The molecule has 0 spiro atoms. The molecule has 2 aromatic heterocycles. The molecule has 0 bridgehead atoms. The Morgan fingerprint density at radius 3 is 2.22 bits per heavy atom. The topological polar surface area (TPSA) is 150 Å². The Balaban J connectivity index is 1.83. The maximum Gasteiger partial charge on any atom is 0.416 e. The van der Waals surface area contributed by atoms with Gasteiger partial charge in [-0.3, -0.25) is 9.69 Å². The highest BCUT2D eigenvalue weighted by Gasteiger charge is 2.39. The summed E-state index contributed by atoms with van der Waals surface area (Å²) in [5.74, 6) is -1.73. The van der Waals surface area contributed by atoms with Crippen LogP contribution < -0.4 is 15.0 Å². The number of hydrogen-bond acceptors (Lipinski definition) is 11. The second-order valence-electron chi connectivity index (χ2n) is 11.1. The van der Waals surface area contributed by atoms with Crippen molar-refractivity contribution in [2.45, 2.75) is 68.9 Å². The van der Waals surface area contributed by atoms with Crippen LogP contribution in [-0.4, -0.2) is 68.1 Å². The van der Waals surface area contributed by atoms with E-state index in [0.29, 0.717) is 29.9 Å². The fraction of sp³-hybridized carbons (Fsp3) is 0.452. The maximum atomic E-state index is 13.6. The number of halogens is 6. The zero-order chi connectivity index (χ0) is 37.0. The monoisotopic (exact) mass is 733 g/mol. The lowest BCUT2D eigenvalue weighted by Gasteiger charge is -2.39. The summed E-state index contributed by atoms with van der Waals surface area (Å²) < 4.78 is 124. The van der Waals surface area contributed by atoms with Crippen molar-refractivity contribution in [3.8, 4) is 5.88 Å². The van der Waals surface area contributed by atoms with Crippen LogP contribution in [0.5, 0.6) is 5.88 Å². The third kappa shape index (κ3) is 8.72. The molecule has 0 radical (unpaired) electrons. The Morgan fingerprint density at radius 1 is 1.00 bits per heavy atom. The number of benzene rings is 1. The number of carbonyl (C=O) groups is 2. The van der Waals surface area contributed by atoms with Gasteiger partial charge in [-0.2, -0.15) is 26.3 Å². The number of aromatic nitrogens is 3. The van der Waals surface area contributed by atoms with Gasteiger partial charge < -0.3 is 19.5 Å². The molecule has 1 aliphatic rings. The minimum absolute atomic E-state index is 0.0456. The number of esters is 1. The molecule has 0 aliphatic carbocycles. The number of alkyl halides is 6. The van der Waals surface area contributed by atoms with Crippen LogP contribution in [0.15, 0.2) is 41.4 Å². The van der Waals surface area contributed by atoms with Crippen molar-refractivity contribution in [2.75, 3.05) is 36.8 Å². The third-order valence-corrected chi connectivity index (χ3v) is 9.53. The predicted octanol–water partition coefficient (Wildman–Crippen LogP) is 6.14. The fourth-order valence-electron chi connectivity index (χ4n) is 5.39. The predicted molar refractivity (Wildman–Crippen MR) is 165 cm³/mol. The summed E-state index contributed by atoms with van der Waals surface area (Å²) in [5, 5.41) is 3.03. The van der Waals surface area contributed by atoms with Gasteiger partial charge in [-0.1, -0.05) is 6.92 Å². The first-order chi connectivity index (χ1) is 23.4. The van der Waals surface area contributed by atoms with E-state index in [2.05, 4.69) is 25.0 Å². The first kappa shape index (κ1) is 38.1. The normalized spacial score (nSPS) is 16.4. The Labute approximate surface area is 283 Å². The molecule has 1 amide bonds. The van der Waals surface area contributed by atoms with E-state index in [-0.39, 0.29) is 30.9 Å². The van der Waals surface area contributed by atoms with Gasteiger partial charge in [-0.05, 0) is 49.6 Å². The average Bonchev–Trinajstić information content (AvgIpc) is 3.05. The highest BCUT2D eigenvalue weighted by molar-refractivity contribution is 7.91. The second kappa shape index (κ2) is 15.1. The van der Waals surface area contributed by atoms with Crippen LogP contribution in [0, 0.1) is 0 Å². The number of nitrogens with one attached hydrogen (secondary N) is 1. The zero-order valence-electron chi connectivity index (χ0n) is 27.2. The number of rotatable bonds is 11. The number of pyridine rings is 1. The van der Waals surface area contributed by atoms with Gasteiger partial charge in [0.15, 0.2) is 9.84 Å². The van der Waals surface area contributed by atoms with Crippen LogP contribution in [0.3, 0.4) is 0 Å². The van der Waals surface area contributed by atoms with E-state index in [1.165, 1.54) is 18.1 Å². The summed E-state index contributed by atoms with van der Waals surface area (Å²) in [4.78, 5) is 38.4. The molecule has 1 N–H and O–H groups in total. The minimum atomic E-state index is -5.15. The lowest BCUT2D eigenvalue weighted by Crippen LogP contribution is -2.46. The van der Waals surface area contributed by atoms with Gasteiger partial charge in [0, 0.05) is 18.5 Å².